The summed E-state index contributed by atoms with van der Waals surface area (Å²) < 4.78 is 5.55. The summed E-state index contributed by atoms with van der Waals surface area (Å²) in [7, 11) is 0. The van der Waals surface area contributed by atoms with Crippen molar-refractivity contribution in [2.75, 3.05) is 13.1 Å². The number of hydrogen-bond donors (Lipinski definition) is 1. The van der Waals surface area contributed by atoms with Crippen LogP contribution in [0.15, 0.2) is 18.2 Å². The SMILES string of the molecule is Cc1cccc(C)c1OC(=O)C1CCNCC1. The first-order valence-electron chi connectivity index (χ1n) is 6.17. The van der Waals surface area contributed by atoms with E-state index < -0.39 is 0 Å². The zero-order valence-electron chi connectivity index (χ0n) is 10.5. The second-order valence-electron chi connectivity index (χ2n) is 4.67. The molecule has 2 rings (SSSR count). The van der Waals surface area contributed by atoms with E-state index in [0.29, 0.717) is 0 Å². The molecule has 1 aliphatic rings. The monoisotopic (exact) mass is 233 g/mol. The number of rotatable bonds is 2. The molecule has 3 nitrogen and oxygen atoms in total. The number of ether oxygens (including phenoxy) is 1. The third kappa shape index (κ3) is 2.86. The van der Waals surface area contributed by atoms with Gasteiger partial charge in [-0.15, -0.1) is 0 Å². The molecule has 0 amide bonds. The van der Waals surface area contributed by atoms with Crippen molar-refractivity contribution in [3.05, 3.63) is 29.3 Å². The zero-order valence-corrected chi connectivity index (χ0v) is 10.5. The van der Waals surface area contributed by atoms with Crippen molar-refractivity contribution >= 4 is 5.97 Å². The summed E-state index contributed by atoms with van der Waals surface area (Å²) >= 11 is 0. The molecular formula is C14H19NO2. The fourth-order valence-corrected chi connectivity index (χ4v) is 2.20. The second-order valence-corrected chi connectivity index (χ2v) is 4.67. The van der Waals surface area contributed by atoms with Crippen molar-refractivity contribution in [2.45, 2.75) is 26.7 Å². The van der Waals surface area contributed by atoms with Crippen LogP contribution in [0.4, 0.5) is 0 Å². The van der Waals surface area contributed by atoms with Crippen LogP contribution in [0.2, 0.25) is 0 Å². The molecule has 1 aliphatic heterocycles. The summed E-state index contributed by atoms with van der Waals surface area (Å²) in [4.78, 5) is 12.0. The Morgan fingerprint density at radius 3 is 2.41 bits per heavy atom. The molecule has 0 aromatic heterocycles. The molecule has 0 bridgehead atoms. The fourth-order valence-electron chi connectivity index (χ4n) is 2.20. The van der Waals surface area contributed by atoms with Gasteiger partial charge in [-0.05, 0) is 50.9 Å². The highest BCUT2D eigenvalue weighted by Gasteiger charge is 2.23. The van der Waals surface area contributed by atoms with E-state index in [2.05, 4.69) is 5.32 Å². The number of nitrogens with one attached hydrogen (secondary N) is 1. The largest absolute Gasteiger partial charge is 0.426 e. The molecule has 0 saturated carbocycles. The third-order valence-corrected chi connectivity index (χ3v) is 3.28. The van der Waals surface area contributed by atoms with E-state index in [9.17, 15) is 4.79 Å². The van der Waals surface area contributed by atoms with Crippen molar-refractivity contribution in [1.82, 2.24) is 5.32 Å². The fraction of sp³-hybridized carbons (Fsp3) is 0.500. The molecule has 3 heteroatoms. The normalized spacial score (nSPS) is 16.8. The average Bonchev–Trinajstić information content (AvgIpc) is 2.35. The minimum absolute atomic E-state index is 0.0512. The number of hydrogen-bond acceptors (Lipinski definition) is 3. The minimum Gasteiger partial charge on any atom is -0.426 e. The third-order valence-electron chi connectivity index (χ3n) is 3.28. The summed E-state index contributed by atoms with van der Waals surface area (Å²) in [5.74, 6) is 0.704. The van der Waals surface area contributed by atoms with E-state index in [0.717, 1.165) is 42.8 Å². The number of piperidine rings is 1. The molecule has 17 heavy (non-hydrogen) atoms. The molecule has 0 atom stereocenters. The molecule has 1 N–H and O–H groups in total. The summed E-state index contributed by atoms with van der Waals surface area (Å²) in [5.41, 5.74) is 2.04. The van der Waals surface area contributed by atoms with Crippen LogP contribution in [0.1, 0.15) is 24.0 Å². The molecule has 0 spiro atoms. The Hall–Kier alpha value is -1.35. The zero-order chi connectivity index (χ0) is 12.3. The number of benzene rings is 1. The van der Waals surface area contributed by atoms with Gasteiger partial charge >= 0.3 is 5.97 Å². The van der Waals surface area contributed by atoms with Gasteiger partial charge in [0.25, 0.3) is 0 Å². The highest BCUT2D eigenvalue weighted by molar-refractivity contribution is 5.76. The molecule has 1 heterocycles. The van der Waals surface area contributed by atoms with E-state index in [1.54, 1.807) is 0 Å². The molecule has 1 aromatic carbocycles. The number of para-hydroxylation sites is 1. The van der Waals surface area contributed by atoms with Gasteiger partial charge in [0, 0.05) is 0 Å². The standard InChI is InChI=1S/C14H19NO2/c1-10-4-3-5-11(2)13(10)17-14(16)12-6-8-15-9-7-12/h3-5,12,15H,6-9H2,1-2H3. The lowest BCUT2D eigenvalue weighted by molar-refractivity contribution is -0.139. The van der Waals surface area contributed by atoms with Crippen LogP contribution in [0.5, 0.6) is 5.75 Å². The van der Waals surface area contributed by atoms with Crippen LogP contribution in [-0.4, -0.2) is 19.1 Å². The quantitative estimate of drug-likeness (QED) is 0.628. The predicted octanol–water partition coefficient (Wildman–Crippen LogP) is 2.21. The molecule has 0 unspecified atom stereocenters. The molecule has 0 aliphatic carbocycles. The van der Waals surface area contributed by atoms with Crippen LogP contribution in [-0.2, 0) is 4.79 Å². The van der Waals surface area contributed by atoms with Gasteiger partial charge in [-0.25, -0.2) is 0 Å². The van der Waals surface area contributed by atoms with Crippen LogP contribution in [0.3, 0.4) is 0 Å². The lowest BCUT2D eigenvalue weighted by atomic mass is 9.98. The minimum atomic E-state index is -0.0797. The maximum atomic E-state index is 12.0. The predicted molar refractivity (Wildman–Crippen MR) is 67.1 cm³/mol. The topological polar surface area (TPSA) is 38.3 Å². The first-order chi connectivity index (χ1) is 8.18. The molecule has 1 aromatic rings. The Bertz CT molecular complexity index is 388. The highest BCUT2D eigenvalue weighted by atomic mass is 16.5. The number of carbonyl (C=O) groups excluding carboxylic acids is 1. The number of esters is 1. The van der Waals surface area contributed by atoms with Gasteiger partial charge in [-0.3, -0.25) is 4.79 Å². The molecular weight excluding hydrogens is 214 g/mol. The van der Waals surface area contributed by atoms with E-state index in [1.165, 1.54) is 0 Å². The second kappa shape index (κ2) is 5.32. The Labute approximate surface area is 102 Å². The molecule has 0 radical (unpaired) electrons. The maximum absolute atomic E-state index is 12.0. The lowest BCUT2D eigenvalue weighted by Crippen LogP contribution is -2.34. The van der Waals surface area contributed by atoms with Crippen molar-refractivity contribution in [1.29, 1.82) is 0 Å². The van der Waals surface area contributed by atoms with E-state index in [4.69, 9.17) is 4.74 Å². The number of aryl methyl sites for hydroxylation is 2. The Kier molecular flexibility index (Phi) is 3.79. The van der Waals surface area contributed by atoms with Gasteiger partial charge in [0.2, 0.25) is 0 Å². The van der Waals surface area contributed by atoms with Crippen molar-refractivity contribution in [3.63, 3.8) is 0 Å². The first-order valence-corrected chi connectivity index (χ1v) is 6.17. The van der Waals surface area contributed by atoms with Gasteiger partial charge < -0.3 is 10.1 Å². The van der Waals surface area contributed by atoms with Crippen LogP contribution in [0, 0.1) is 19.8 Å². The van der Waals surface area contributed by atoms with E-state index in [1.807, 2.05) is 32.0 Å². The van der Waals surface area contributed by atoms with Crippen molar-refractivity contribution < 1.29 is 9.53 Å². The molecule has 1 saturated heterocycles. The number of carbonyl (C=O) groups is 1. The van der Waals surface area contributed by atoms with Gasteiger partial charge in [-0.2, -0.15) is 0 Å². The van der Waals surface area contributed by atoms with E-state index >= 15 is 0 Å². The summed E-state index contributed by atoms with van der Waals surface area (Å²) in [6, 6.07) is 5.92. The maximum Gasteiger partial charge on any atom is 0.314 e. The summed E-state index contributed by atoms with van der Waals surface area (Å²) in [5, 5.41) is 3.25. The summed E-state index contributed by atoms with van der Waals surface area (Å²) in [6.45, 7) is 5.76. The van der Waals surface area contributed by atoms with Crippen molar-refractivity contribution in [3.8, 4) is 5.75 Å². The van der Waals surface area contributed by atoms with Crippen LogP contribution in [0.25, 0.3) is 0 Å². The van der Waals surface area contributed by atoms with E-state index in [-0.39, 0.29) is 11.9 Å². The first kappa shape index (κ1) is 12.1. The van der Waals surface area contributed by atoms with Gasteiger partial charge in [0.15, 0.2) is 0 Å². The van der Waals surface area contributed by atoms with Gasteiger partial charge in [0.05, 0.1) is 5.92 Å². The molecule has 1 fully saturated rings. The van der Waals surface area contributed by atoms with Crippen LogP contribution >= 0.6 is 0 Å². The molecule has 92 valence electrons. The average molecular weight is 233 g/mol. The van der Waals surface area contributed by atoms with Gasteiger partial charge in [-0.1, -0.05) is 18.2 Å². The Morgan fingerprint density at radius 1 is 1.24 bits per heavy atom. The van der Waals surface area contributed by atoms with Crippen molar-refractivity contribution in [2.24, 2.45) is 5.92 Å². The summed E-state index contributed by atoms with van der Waals surface area (Å²) in [6.07, 6.45) is 1.76. The Morgan fingerprint density at radius 2 is 1.82 bits per heavy atom. The lowest BCUT2D eigenvalue weighted by Gasteiger charge is -2.21. The van der Waals surface area contributed by atoms with Crippen LogP contribution < -0.4 is 10.1 Å². The highest BCUT2D eigenvalue weighted by Crippen LogP contribution is 2.24. The van der Waals surface area contributed by atoms with Gasteiger partial charge in [0.1, 0.15) is 5.75 Å². The Balaban J connectivity index is 2.07. The smallest absolute Gasteiger partial charge is 0.314 e.